The standard InChI is InChI=1S/C18H21N3O4/c1-11-2-5-13(9-19-11)24-17-10-23-7-6-14(17)20-18(22)16-8-15(21-25-16)12-3-4-12/h2,5,8-9,12,14,17H,3-4,6-7,10H2,1H3,(H,20,22)/t14-,17+/m0/s1. The molecule has 4 rings (SSSR count). The lowest BCUT2D eigenvalue weighted by atomic mass is 10.1. The third-order valence-electron chi connectivity index (χ3n) is 4.54. The first-order valence-corrected chi connectivity index (χ1v) is 8.63. The van der Waals surface area contributed by atoms with Crippen molar-refractivity contribution in [2.45, 2.75) is 44.2 Å². The average molecular weight is 343 g/mol. The molecule has 0 radical (unpaired) electrons. The molecule has 1 amide bonds. The molecule has 2 aromatic rings. The molecule has 7 heteroatoms. The maximum atomic E-state index is 12.5. The highest BCUT2D eigenvalue weighted by Crippen LogP contribution is 2.39. The Labute approximate surface area is 145 Å². The molecule has 0 bridgehead atoms. The summed E-state index contributed by atoms with van der Waals surface area (Å²) in [7, 11) is 0. The maximum Gasteiger partial charge on any atom is 0.290 e. The van der Waals surface area contributed by atoms with Crippen molar-refractivity contribution in [1.82, 2.24) is 15.5 Å². The van der Waals surface area contributed by atoms with E-state index in [0.717, 1.165) is 24.2 Å². The van der Waals surface area contributed by atoms with Crippen LogP contribution in [0.25, 0.3) is 0 Å². The molecule has 1 saturated carbocycles. The number of aromatic nitrogens is 2. The Bertz CT molecular complexity index is 739. The Hall–Kier alpha value is -2.41. The van der Waals surface area contributed by atoms with Gasteiger partial charge in [-0.1, -0.05) is 5.16 Å². The molecule has 0 unspecified atom stereocenters. The van der Waals surface area contributed by atoms with Crippen LogP contribution in [-0.4, -0.2) is 41.4 Å². The Kier molecular flexibility index (Phi) is 4.40. The van der Waals surface area contributed by atoms with Crippen LogP contribution in [0.3, 0.4) is 0 Å². The second-order valence-corrected chi connectivity index (χ2v) is 6.63. The predicted molar refractivity (Wildman–Crippen MR) is 88.6 cm³/mol. The summed E-state index contributed by atoms with van der Waals surface area (Å²) in [4.78, 5) is 16.7. The normalized spacial score (nSPS) is 23.2. The van der Waals surface area contributed by atoms with Crippen LogP contribution in [0, 0.1) is 6.92 Å². The Morgan fingerprint density at radius 3 is 2.96 bits per heavy atom. The minimum absolute atomic E-state index is 0.156. The molecular weight excluding hydrogens is 322 g/mol. The summed E-state index contributed by atoms with van der Waals surface area (Å²) in [5.41, 5.74) is 1.80. The van der Waals surface area contributed by atoms with Crippen molar-refractivity contribution < 1.29 is 18.8 Å². The molecule has 1 N–H and O–H groups in total. The first-order valence-electron chi connectivity index (χ1n) is 8.63. The number of hydrogen-bond donors (Lipinski definition) is 1. The lowest BCUT2D eigenvalue weighted by molar-refractivity contribution is -0.0139. The third-order valence-corrected chi connectivity index (χ3v) is 4.54. The number of ether oxygens (including phenoxy) is 2. The van der Waals surface area contributed by atoms with Crippen molar-refractivity contribution in [2.75, 3.05) is 13.2 Å². The number of nitrogens with zero attached hydrogens (tertiary/aromatic N) is 2. The van der Waals surface area contributed by atoms with Gasteiger partial charge in [-0.15, -0.1) is 0 Å². The second kappa shape index (κ2) is 6.84. The molecular formula is C18H21N3O4. The molecule has 25 heavy (non-hydrogen) atoms. The molecule has 2 aromatic heterocycles. The van der Waals surface area contributed by atoms with Crippen molar-refractivity contribution in [1.29, 1.82) is 0 Å². The minimum Gasteiger partial charge on any atom is -0.484 e. The zero-order valence-corrected chi connectivity index (χ0v) is 14.1. The molecule has 3 heterocycles. The monoisotopic (exact) mass is 343 g/mol. The summed E-state index contributed by atoms with van der Waals surface area (Å²) in [6.07, 6.45) is 4.33. The minimum atomic E-state index is -0.270. The van der Waals surface area contributed by atoms with E-state index in [1.54, 1.807) is 12.3 Å². The first kappa shape index (κ1) is 16.1. The van der Waals surface area contributed by atoms with Crippen LogP contribution in [0.2, 0.25) is 0 Å². The molecule has 2 fully saturated rings. The van der Waals surface area contributed by atoms with E-state index in [1.165, 1.54) is 0 Å². The van der Waals surface area contributed by atoms with Gasteiger partial charge in [0.2, 0.25) is 5.76 Å². The van der Waals surface area contributed by atoms with E-state index in [1.807, 2.05) is 19.1 Å². The van der Waals surface area contributed by atoms with Gasteiger partial charge in [0.05, 0.1) is 24.5 Å². The Morgan fingerprint density at radius 1 is 1.32 bits per heavy atom. The van der Waals surface area contributed by atoms with E-state index >= 15 is 0 Å². The van der Waals surface area contributed by atoms with Crippen molar-refractivity contribution >= 4 is 5.91 Å². The van der Waals surface area contributed by atoms with Crippen LogP contribution in [0.5, 0.6) is 5.75 Å². The topological polar surface area (TPSA) is 86.5 Å². The van der Waals surface area contributed by atoms with Crippen molar-refractivity contribution in [3.8, 4) is 5.75 Å². The van der Waals surface area contributed by atoms with Crippen molar-refractivity contribution in [3.05, 3.63) is 41.5 Å². The Balaban J connectivity index is 1.41. The van der Waals surface area contributed by atoms with E-state index in [0.29, 0.717) is 31.3 Å². The van der Waals surface area contributed by atoms with Gasteiger partial charge < -0.3 is 19.3 Å². The van der Waals surface area contributed by atoms with E-state index in [4.69, 9.17) is 14.0 Å². The van der Waals surface area contributed by atoms with E-state index < -0.39 is 0 Å². The first-order chi connectivity index (χ1) is 12.2. The van der Waals surface area contributed by atoms with Gasteiger partial charge in [0.25, 0.3) is 5.91 Å². The van der Waals surface area contributed by atoms with E-state index in [-0.39, 0.29) is 23.8 Å². The third kappa shape index (κ3) is 3.82. The summed E-state index contributed by atoms with van der Waals surface area (Å²) in [6.45, 7) is 2.92. The zero-order chi connectivity index (χ0) is 17.2. The van der Waals surface area contributed by atoms with E-state index in [9.17, 15) is 4.79 Å². The smallest absolute Gasteiger partial charge is 0.290 e. The number of carbonyl (C=O) groups is 1. The molecule has 2 atom stereocenters. The Morgan fingerprint density at radius 2 is 2.20 bits per heavy atom. The van der Waals surface area contributed by atoms with Crippen molar-refractivity contribution in [3.63, 3.8) is 0 Å². The molecule has 7 nitrogen and oxygen atoms in total. The van der Waals surface area contributed by atoms with Crippen LogP contribution in [-0.2, 0) is 4.74 Å². The van der Waals surface area contributed by atoms with Crippen LogP contribution in [0.1, 0.15) is 47.1 Å². The fourth-order valence-corrected chi connectivity index (χ4v) is 2.90. The van der Waals surface area contributed by atoms with Crippen LogP contribution in [0.15, 0.2) is 28.9 Å². The highest BCUT2D eigenvalue weighted by molar-refractivity contribution is 5.91. The van der Waals surface area contributed by atoms with Crippen molar-refractivity contribution in [2.24, 2.45) is 0 Å². The van der Waals surface area contributed by atoms with Gasteiger partial charge in [0.1, 0.15) is 11.9 Å². The molecule has 2 aliphatic rings. The highest BCUT2D eigenvalue weighted by Gasteiger charge is 2.32. The van der Waals surface area contributed by atoms with Gasteiger partial charge in [-0.05, 0) is 38.3 Å². The summed E-state index contributed by atoms with van der Waals surface area (Å²) < 4.78 is 16.7. The predicted octanol–water partition coefficient (Wildman–Crippen LogP) is 2.22. The largest absolute Gasteiger partial charge is 0.484 e. The summed E-state index contributed by atoms with van der Waals surface area (Å²) in [6, 6.07) is 5.35. The number of rotatable bonds is 5. The average Bonchev–Trinajstić information content (AvgIpc) is 3.35. The van der Waals surface area contributed by atoms with E-state index in [2.05, 4.69) is 15.5 Å². The molecule has 0 spiro atoms. The zero-order valence-electron chi connectivity index (χ0n) is 14.1. The molecule has 1 aliphatic heterocycles. The molecule has 1 saturated heterocycles. The molecule has 1 aliphatic carbocycles. The summed E-state index contributed by atoms with van der Waals surface area (Å²) in [5.74, 6) is 1.11. The maximum absolute atomic E-state index is 12.5. The quantitative estimate of drug-likeness (QED) is 0.896. The summed E-state index contributed by atoms with van der Waals surface area (Å²) in [5, 5.41) is 6.98. The highest BCUT2D eigenvalue weighted by atomic mass is 16.5. The van der Waals surface area contributed by atoms with Gasteiger partial charge in [0.15, 0.2) is 0 Å². The number of nitrogens with one attached hydrogen (secondary N) is 1. The van der Waals surface area contributed by atoms with Gasteiger partial charge in [-0.3, -0.25) is 9.78 Å². The molecule has 132 valence electrons. The molecule has 0 aromatic carbocycles. The number of hydrogen-bond acceptors (Lipinski definition) is 6. The number of amides is 1. The number of aryl methyl sites for hydroxylation is 1. The SMILES string of the molecule is Cc1ccc(O[C@@H]2COCC[C@@H]2NC(=O)c2cc(C3CC3)no2)cn1. The summed E-state index contributed by atoms with van der Waals surface area (Å²) >= 11 is 0. The lowest BCUT2D eigenvalue weighted by Gasteiger charge is -2.32. The van der Waals surface area contributed by atoms with Crippen LogP contribution in [0.4, 0.5) is 0 Å². The van der Waals surface area contributed by atoms with Gasteiger partial charge in [-0.2, -0.15) is 0 Å². The van der Waals surface area contributed by atoms with Gasteiger partial charge in [-0.25, -0.2) is 0 Å². The van der Waals surface area contributed by atoms with Crippen LogP contribution < -0.4 is 10.1 Å². The van der Waals surface area contributed by atoms with Gasteiger partial charge in [0, 0.05) is 24.3 Å². The fourth-order valence-electron chi connectivity index (χ4n) is 2.90. The number of carbonyl (C=O) groups excluding carboxylic acids is 1. The van der Waals surface area contributed by atoms with Gasteiger partial charge >= 0.3 is 0 Å². The second-order valence-electron chi connectivity index (χ2n) is 6.63. The fraction of sp³-hybridized carbons (Fsp3) is 0.500. The number of pyridine rings is 1. The van der Waals surface area contributed by atoms with Crippen LogP contribution >= 0.6 is 0 Å². The lowest BCUT2D eigenvalue weighted by Crippen LogP contribution is -2.51.